The summed E-state index contributed by atoms with van der Waals surface area (Å²) in [5.41, 5.74) is 3.48. The van der Waals surface area contributed by atoms with Crippen molar-refractivity contribution in [1.29, 1.82) is 0 Å². The van der Waals surface area contributed by atoms with Gasteiger partial charge in [-0.05, 0) is 54.4 Å². The quantitative estimate of drug-likeness (QED) is 0.377. The monoisotopic (exact) mass is 515 g/mol. The van der Waals surface area contributed by atoms with Gasteiger partial charge < -0.3 is 9.73 Å². The molecule has 0 aliphatic heterocycles. The molecule has 8 nitrogen and oxygen atoms in total. The Balaban J connectivity index is 1.36. The van der Waals surface area contributed by atoms with Crippen molar-refractivity contribution in [2.75, 3.05) is 0 Å². The molecule has 3 heterocycles. The molecule has 200 valence electrons. The zero-order valence-corrected chi connectivity index (χ0v) is 23.1. The maximum absolute atomic E-state index is 13.2. The summed E-state index contributed by atoms with van der Waals surface area (Å²) in [6.07, 6.45) is 4.09. The summed E-state index contributed by atoms with van der Waals surface area (Å²) in [4.78, 5) is 35.5. The van der Waals surface area contributed by atoms with Crippen molar-refractivity contribution in [3.8, 4) is 11.5 Å². The van der Waals surface area contributed by atoms with Crippen molar-refractivity contribution in [3.63, 3.8) is 0 Å². The zero-order valence-electron chi connectivity index (χ0n) is 23.1. The van der Waals surface area contributed by atoms with Crippen molar-refractivity contribution in [2.45, 2.75) is 72.4 Å². The van der Waals surface area contributed by atoms with E-state index in [1.54, 1.807) is 11.6 Å². The van der Waals surface area contributed by atoms with E-state index in [2.05, 4.69) is 44.9 Å². The largest absolute Gasteiger partial charge is 0.444 e. The molecule has 1 N–H and O–H groups in total. The van der Waals surface area contributed by atoms with Crippen molar-refractivity contribution in [3.05, 3.63) is 70.6 Å². The molecule has 0 saturated heterocycles. The van der Waals surface area contributed by atoms with Gasteiger partial charge in [-0.2, -0.15) is 0 Å². The lowest BCUT2D eigenvalue weighted by atomic mass is 9.68. The summed E-state index contributed by atoms with van der Waals surface area (Å²) in [6.45, 7) is 11.4. The van der Waals surface area contributed by atoms with E-state index in [0.717, 1.165) is 36.0 Å². The van der Waals surface area contributed by atoms with Crippen LogP contribution in [0.25, 0.3) is 22.6 Å². The number of nitrogens with one attached hydrogen (secondary N) is 1. The number of imidazole rings is 1. The molecule has 0 spiro atoms. The average Bonchev–Trinajstić information content (AvgIpc) is 3.45. The third kappa shape index (κ3) is 5.04. The molecule has 38 heavy (non-hydrogen) atoms. The molecule has 3 aromatic heterocycles. The van der Waals surface area contributed by atoms with Crippen LogP contribution < -0.4 is 11.0 Å². The van der Waals surface area contributed by atoms with Gasteiger partial charge in [0.05, 0.1) is 5.52 Å². The number of oxazole rings is 1. The van der Waals surface area contributed by atoms with Gasteiger partial charge in [-0.25, -0.2) is 14.8 Å². The van der Waals surface area contributed by atoms with Crippen LogP contribution in [-0.2, 0) is 13.6 Å². The lowest BCUT2D eigenvalue weighted by Gasteiger charge is -2.42. The van der Waals surface area contributed by atoms with Crippen LogP contribution >= 0.6 is 0 Å². The number of pyridine rings is 1. The fourth-order valence-corrected chi connectivity index (χ4v) is 5.43. The Bertz CT molecular complexity index is 1520. The van der Waals surface area contributed by atoms with Gasteiger partial charge in [0.2, 0.25) is 5.89 Å². The molecular weight excluding hydrogens is 478 g/mol. The molecule has 0 radical (unpaired) electrons. The number of benzene rings is 1. The second kappa shape index (κ2) is 9.57. The summed E-state index contributed by atoms with van der Waals surface area (Å²) in [6, 6.07) is 13.6. The maximum atomic E-state index is 13.2. The van der Waals surface area contributed by atoms with Gasteiger partial charge in [0.25, 0.3) is 5.91 Å². The van der Waals surface area contributed by atoms with E-state index in [1.165, 1.54) is 6.26 Å². The number of fused-ring (bicyclic) bond motifs is 1. The van der Waals surface area contributed by atoms with Crippen LogP contribution in [-0.4, -0.2) is 31.1 Å². The Labute approximate surface area is 223 Å². The molecule has 1 aliphatic carbocycles. The molecule has 8 heteroatoms. The normalized spacial score (nSPS) is 19.5. The number of aromatic nitrogens is 4. The zero-order chi connectivity index (χ0) is 27.2. The Hall–Kier alpha value is -3.68. The predicted molar refractivity (Wildman–Crippen MR) is 148 cm³/mol. The minimum absolute atomic E-state index is 0.0249. The average molecular weight is 516 g/mol. The molecule has 1 fully saturated rings. The van der Waals surface area contributed by atoms with Gasteiger partial charge in [0.15, 0.2) is 11.3 Å². The van der Waals surface area contributed by atoms with Crippen molar-refractivity contribution < 1.29 is 9.21 Å². The Morgan fingerprint density at radius 3 is 2.58 bits per heavy atom. The lowest BCUT2D eigenvalue weighted by molar-refractivity contribution is 0.0831. The molecule has 1 amide bonds. The van der Waals surface area contributed by atoms with E-state index in [9.17, 15) is 9.59 Å². The van der Waals surface area contributed by atoms with Gasteiger partial charge >= 0.3 is 5.69 Å². The Morgan fingerprint density at radius 1 is 1.13 bits per heavy atom. The smallest absolute Gasteiger partial charge is 0.330 e. The molecule has 2 unspecified atom stereocenters. The number of amides is 1. The highest BCUT2D eigenvalue weighted by atomic mass is 16.3. The molecule has 1 saturated carbocycles. The van der Waals surface area contributed by atoms with Crippen LogP contribution in [0.3, 0.4) is 0 Å². The molecule has 1 aliphatic rings. The van der Waals surface area contributed by atoms with E-state index < -0.39 is 0 Å². The first-order valence-corrected chi connectivity index (χ1v) is 13.3. The number of carbonyl (C=O) groups excluding carboxylic acids is 1. The number of nitrogens with zero attached hydrogens (tertiary/aromatic N) is 4. The van der Waals surface area contributed by atoms with Gasteiger partial charge in [-0.3, -0.25) is 13.9 Å². The highest BCUT2D eigenvalue weighted by Gasteiger charge is 2.39. The standard InChI is InChI=1S/C30H37N5O3/c1-29(2,3)18-35-23-13-12-21(31-25(23)34(6)28(35)37)20-14-15-30(4,5)24(16-20)33-26(36)22-17-38-27(32-22)19-10-8-7-9-11-19/h7-13,17,20,24H,14-16,18H2,1-6H3,(H,33,36). The van der Waals surface area contributed by atoms with Crippen LogP contribution in [0.2, 0.25) is 0 Å². The highest BCUT2D eigenvalue weighted by molar-refractivity contribution is 5.92. The van der Waals surface area contributed by atoms with Crippen LogP contribution in [0.15, 0.2) is 57.9 Å². The Morgan fingerprint density at radius 2 is 1.87 bits per heavy atom. The first-order chi connectivity index (χ1) is 17.9. The Kier molecular flexibility index (Phi) is 6.53. The third-order valence-electron chi connectivity index (χ3n) is 7.72. The molecule has 1 aromatic carbocycles. The summed E-state index contributed by atoms with van der Waals surface area (Å²) in [5.74, 6) is 0.369. The number of hydrogen-bond donors (Lipinski definition) is 1. The number of hydrogen-bond acceptors (Lipinski definition) is 5. The lowest BCUT2D eigenvalue weighted by Crippen LogP contribution is -2.48. The molecule has 5 rings (SSSR count). The topological polar surface area (TPSA) is 95.0 Å². The molecular formula is C30H37N5O3. The summed E-state index contributed by atoms with van der Waals surface area (Å²) in [7, 11) is 1.79. The van der Waals surface area contributed by atoms with Gasteiger partial charge in [-0.1, -0.05) is 52.8 Å². The summed E-state index contributed by atoms with van der Waals surface area (Å²) >= 11 is 0. The first-order valence-electron chi connectivity index (χ1n) is 13.3. The van der Waals surface area contributed by atoms with Crippen molar-refractivity contribution in [1.82, 2.24) is 24.4 Å². The maximum Gasteiger partial charge on any atom is 0.330 e. The van der Waals surface area contributed by atoms with E-state index in [-0.39, 0.29) is 40.1 Å². The van der Waals surface area contributed by atoms with Gasteiger partial charge in [-0.15, -0.1) is 0 Å². The van der Waals surface area contributed by atoms with Crippen LogP contribution in [0.4, 0.5) is 0 Å². The molecule has 4 aromatic rings. The summed E-state index contributed by atoms with van der Waals surface area (Å²) in [5, 5.41) is 3.23. The SMILES string of the molecule is Cn1c(=O)n(CC(C)(C)C)c2ccc(C3CCC(C)(C)C(NC(=O)c4coc(-c5ccccc5)n4)C3)nc21. The molecule has 0 bridgehead atoms. The van der Waals surface area contributed by atoms with E-state index in [4.69, 9.17) is 9.40 Å². The second-order valence-corrected chi connectivity index (χ2v) is 12.5. The van der Waals surface area contributed by atoms with Gasteiger partial charge in [0, 0.05) is 36.8 Å². The van der Waals surface area contributed by atoms with Gasteiger partial charge in [0.1, 0.15) is 6.26 Å². The van der Waals surface area contributed by atoms with E-state index in [1.807, 2.05) is 47.0 Å². The van der Waals surface area contributed by atoms with Crippen molar-refractivity contribution in [2.24, 2.45) is 17.9 Å². The summed E-state index contributed by atoms with van der Waals surface area (Å²) < 4.78 is 9.05. The van der Waals surface area contributed by atoms with Crippen LogP contribution in [0.5, 0.6) is 0 Å². The fourth-order valence-electron chi connectivity index (χ4n) is 5.43. The second-order valence-electron chi connectivity index (χ2n) is 12.5. The minimum Gasteiger partial charge on any atom is -0.444 e. The first kappa shape index (κ1) is 25.9. The number of carbonyl (C=O) groups is 1. The van der Waals surface area contributed by atoms with Crippen LogP contribution in [0.1, 0.15) is 76.0 Å². The fraction of sp³-hybridized carbons (Fsp3) is 0.467. The minimum atomic E-state index is -0.236. The number of aryl methyl sites for hydroxylation is 1. The highest BCUT2D eigenvalue weighted by Crippen LogP contribution is 2.42. The van der Waals surface area contributed by atoms with Crippen molar-refractivity contribution >= 4 is 17.1 Å². The predicted octanol–water partition coefficient (Wildman–Crippen LogP) is 5.53. The van der Waals surface area contributed by atoms with E-state index in [0.29, 0.717) is 18.1 Å². The molecule has 2 atom stereocenters. The number of rotatable bonds is 5. The third-order valence-corrected chi connectivity index (χ3v) is 7.72. The van der Waals surface area contributed by atoms with E-state index >= 15 is 0 Å². The van der Waals surface area contributed by atoms with Crippen LogP contribution in [0, 0.1) is 10.8 Å².